The molecule has 6 heteroatoms. The predicted octanol–water partition coefficient (Wildman–Crippen LogP) is 1.92. The van der Waals surface area contributed by atoms with Gasteiger partial charge in [0.15, 0.2) is 0 Å². The summed E-state index contributed by atoms with van der Waals surface area (Å²) in [6.07, 6.45) is 5.32. The van der Waals surface area contributed by atoms with Gasteiger partial charge < -0.3 is 5.32 Å². The molecule has 0 aromatic heterocycles. The first-order valence-electron chi connectivity index (χ1n) is 7.00. The van der Waals surface area contributed by atoms with Gasteiger partial charge in [0, 0.05) is 30.1 Å². The number of nitrogens with one attached hydrogen (secondary N) is 1. The van der Waals surface area contributed by atoms with Gasteiger partial charge >= 0.3 is 0 Å². The van der Waals surface area contributed by atoms with Crippen LogP contribution in [0.15, 0.2) is 34.1 Å². The van der Waals surface area contributed by atoms with Crippen LogP contribution in [0.5, 0.6) is 0 Å². The van der Waals surface area contributed by atoms with Gasteiger partial charge in [0.05, 0.1) is 4.90 Å². The lowest BCUT2D eigenvalue weighted by atomic mass is 9.96. The molecule has 0 saturated carbocycles. The van der Waals surface area contributed by atoms with Crippen LogP contribution in [0.2, 0.25) is 0 Å². The molecule has 0 aliphatic carbocycles. The zero-order chi connectivity index (χ0) is 14.2. The summed E-state index contributed by atoms with van der Waals surface area (Å²) in [7, 11) is -3.36. The summed E-state index contributed by atoms with van der Waals surface area (Å²) in [5.74, 6) is 0. The largest absolute Gasteiger partial charge is 0.309 e. The number of benzene rings is 1. The first kappa shape index (κ1) is 14.4. The van der Waals surface area contributed by atoms with Crippen LogP contribution in [-0.2, 0) is 10.0 Å². The highest BCUT2D eigenvalue weighted by Crippen LogP contribution is 2.26. The van der Waals surface area contributed by atoms with E-state index in [4.69, 9.17) is 0 Å². The monoisotopic (exact) mass is 312 g/mol. The van der Waals surface area contributed by atoms with Gasteiger partial charge in [0.2, 0.25) is 10.0 Å². The summed E-state index contributed by atoms with van der Waals surface area (Å²) >= 11 is 1.57. The summed E-state index contributed by atoms with van der Waals surface area (Å²) in [4.78, 5) is 1.41. The Morgan fingerprint density at radius 2 is 1.95 bits per heavy atom. The molecule has 0 amide bonds. The summed E-state index contributed by atoms with van der Waals surface area (Å²) in [5.41, 5.74) is 0. The molecule has 0 radical (unpaired) electrons. The second kappa shape index (κ2) is 5.67. The topological polar surface area (TPSA) is 49.4 Å². The van der Waals surface area contributed by atoms with E-state index in [1.165, 1.54) is 6.42 Å². The van der Waals surface area contributed by atoms with E-state index >= 15 is 0 Å². The van der Waals surface area contributed by atoms with Crippen molar-refractivity contribution in [1.82, 2.24) is 9.62 Å². The Hall–Kier alpha value is -0.560. The van der Waals surface area contributed by atoms with Crippen LogP contribution in [0.1, 0.15) is 19.3 Å². The van der Waals surface area contributed by atoms with Crippen LogP contribution in [0.25, 0.3) is 0 Å². The molecule has 0 spiro atoms. The zero-order valence-corrected chi connectivity index (χ0v) is 13.2. The van der Waals surface area contributed by atoms with Gasteiger partial charge in [-0.15, -0.1) is 11.8 Å². The fraction of sp³-hybridized carbons (Fsp3) is 0.571. The van der Waals surface area contributed by atoms with Crippen LogP contribution in [-0.4, -0.2) is 44.2 Å². The van der Waals surface area contributed by atoms with Gasteiger partial charge in [0.1, 0.15) is 0 Å². The van der Waals surface area contributed by atoms with Gasteiger partial charge in [-0.05, 0) is 37.3 Å². The van der Waals surface area contributed by atoms with E-state index in [9.17, 15) is 8.42 Å². The highest BCUT2D eigenvalue weighted by molar-refractivity contribution is 7.98. The summed E-state index contributed by atoms with van der Waals surface area (Å²) in [6, 6.07) is 7.88. The van der Waals surface area contributed by atoms with Gasteiger partial charge in [0.25, 0.3) is 0 Å². The highest BCUT2D eigenvalue weighted by atomic mass is 32.2. The van der Waals surface area contributed by atoms with Crippen molar-refractivity contribution in [3.8, 4) is 0 Å². The third-order valence-corrected chi connectivity index (χ3v) is 6.66. The van der Waals surface area contributed by atoms with Crippen molar-refractivity contribution in [2.45, 2.75) is 41.1 Å². The molecule has 2 aliphatic rings. The second-order valence-corrected chi connectivity index (χ2v) is 8.31. The number of piperazine rings is 1. The van der Waals surface area contributed by atoms with Crippen LogP contribution in [0.4, 0.5) is 0 Å². The molecule has 2 saturated heterocycles. The van der Waals surface area contributed by atoms with E-state index in [1.807, 2.05) is 18.4 Å². The van der Waals surface area contributed by atoms with E-state index in [2.05, 4.69) is 5.32 Å². The maximum absolute atomic E-state index is 12.8. The van der Waals surface area contributed by atoms with E-state index in [-0.39, 0.29) is 0 Å². The molecule has 2 unspecified atom stereocenters. The van der Waals surface area contributed by atoms with Crippen molar-refractivity contribution >= 4 is 21.8 Å². The fourth-order valence-electron chi connectivity index (χ4n) is 3.07. The molecule has 20 heavy (non-hydrogen) atoms. The Morgan fingerprint density at radius 1 is 1.25 bits per heavy atom. The highest BCUT2D eigenvalue weighted by Gasteiger charge is 2.36. The fourth-order valence-corrected chi connectivity index (χ4v) is 5.18. The standard InChI is InChI=1S/C14H20N2O2S2/c1-19-13-6-3-7-14(8-13)20(17,18)16-9-11-4-2-5-12(10-16)15-11/h3,6-8,11-12,15H,2,4-5,9-10H2,1H3. The van der Waals surface area contributed by atoms with Crippen molar-refractivity contribution in [2.24, 2.45) is 0 Å². The van der Waals surface area contributed by atoms with Gasteiger partial charge in [-0.2, -0.15) is 4.31 Å². The van der Waals surface area contributed by atoms with Crippen molar-refractivity contribution in [3.05, 3.63) is 24.3 Å². The van der Waals surface area contributed by atoms with Crippen LogP contribution < -0.4 is 5.32 Å². The molecule has 2 heterocycles. The molecular weight excluding hydrogens is 292 g/mol. The molecule has 3 rings (SSSR count). The number of fused-ring (bicyclic) bond motifs is 2. The Bertz CT molecular complexity index is 577. The van der Waals surface area contributed by atoms with Crippen molar-refractivity contribution in [3.63, 3.8) is 0 Å². The number of sulfonamides is 1. The van der Waals surface area contributed by atoms with E-state index in [1.54, 1.807) is 28.2 Å². The Labute approximate surface area is 125 Å². The van der Waals surface area contributed by atoms with Gasteiger partial charge in [-0.25, -0.2) is 8.42 Å². The smallest absolute Gasteiger partial charge is 0.243 e. The minimum Gasteiger partial charge on any atom is -0.309 e. The van der Waals surface area contributed by atoms with Crippen LogP contribution in [0, 0.1) is 0 Å². The first-order chi connectivity index (χ1) is 9.59. The number of nitrogens with zero attached hydrogens (tertiary/aromatic N) is 1. The molecule has 2 bridgehead atoms. The van der Waals surface area contributed by atoms with Crippen molar-refractivity contribution < 1.29 is 8.42 Å². The van der Waals surface area contributed by atoms with Crippen molar-refractivity contribution in [1.29, 1.82) is 0 Å². The number of hydrogen-bond acceptors (Lipinski definition) is 4. The van der Waals surface area contributed by atoms with Gasteiger partial charge in [-0.3, -0.25) is 0 Å². The van der Waals surface area contributed by atoms with E-state index < -0.39 is 10.0 Å². The lowest BCUT2D eigenvalue weighted by molar-refractivity contribution is 0.190. The second-order valence-electron chi connectivity index (χ2n) is 5.49. The van der Waals surface area contributed by atoms with Gasteiger partial charge in [-0.1, -0.05) is 12.5 Å². The molecule has 110 valence electrons. The predicted molar refractivity (Wildman–Crippen MR) is 81.5 cm³/mol. The molecule has 2 atom stereocenters. The zero-order valence-electron chi connectivity index (χ0n) is 11.6. The molecular formula is C14H20N2O2S2. The third kappa shape index (κ3) is 2.74. The molecule has 2 aliphatic heterocycles. The Balaban J connectivity index is 1.87. The van der Waals surface area contributed by atoms with Crippen LogP contribution in [0.3, 0.4) is 0 Å². The Kier molecular flexibility index (Phi) is 4.08. The molecule has 2 fully saturated rings. The number of thioether (sulfide) groups is 1. The number of piperidine rings is 1. The average molecular weight is 312 g/mol. The molecule has 1 N–H and O–H groups in total. The van der Waals surface area contributed by atoms with Crippen molar-refractivity contribution in [2.75, 3.05) is 19.3 Å². The molecule has 1 aromatic carbocycles. The minimum absolute atomic E-state index is 0.320. The van der Waals surface area contributed by atoms with E-state index in [0.717, 1.165) is 17.7 Å². The lowest BCUT2D eigenvalue weighted by Crippen LogP contribution is -2.59. The quantitative estimate of drug-likeness (QED) is 0.867. The SMILES string of the molecule is CSc1cccc(S(=O)(=O)N2CC3CCCC(C2)N3)c1. The first-order valence-corrected chi connectivity index (χ1v) is 9.66. The van der Waals surface area contributed by atoms with E-state index in [0.29, 0.717) is 30.1 Å². The third-order valence-electron chi connectivity index (χ3n) is 4.10. The number of hydrogen-bond donors (Lipinski definition) is 1. The normalized spacial score (nSPS) is 27.4. The maximum atomic E-state index is 12.8. The molecule has 1 aromatic rings. The van der Waals surface area contributed by atoms with Crippen LogP contribution >= 0.6 is 11.8 Å². The summed E-state index contributed by atoms with van der Waals surface area (Å²) < 4.78 is 27.2. The summed E-state index contributed by atoms with van der Waals surface area (Å²) in [5, 5.41) is 3.52. The number of rotatable bonds is 3. The maximum Gasteiger partial charge on any atom is 0.243 e. The minimum atomic E-state index is -3.36. The average Bonchev–Trinajstić information content (AvgIpc) is 2.47. The Morgan fingerprint density at radius 3 is 2.60 bits per heavy atom. The lowest BCUT2D eigenvalue weighted by Gasteiger charge is -2.41. The molecule has 4 nitrogen and oxygen atoms in total. The summed E-state index contributed by atoms with van der Waals surface area (Å²) in [6.45, 7) is 1.20.